The summed E-state index contributed by atoms with van der Waals surface area (Å²) in [6.07, 6.45) is 0. The molecule has 1 aromatic rings. The monoisotopic (exact) mass is 256 g/mol. The van der Waals surface area contributed by atoms with Crippen LogP contribution in [0.2, 0.25) is 0 Å². The number of carbonyl (C=O) groups excluding carboxylic acids is 1. The first-order valence-electron chi connectivity index (χ1n) is 4.71. The quantitative estimate of drug-likeness (QED) is 0.612. The van der Waals surface area contributed by atoms with E-state index in [9.17, 15) is 18.8 Å². The van der Waals surface area contributed by atoms with E-state index < -0.39 is 35.2 Å². The first kappa shape index (κ1) is 13.6. The second kappa shape index (κ2) is 5.26. The number of benzene rings is 1. The van der Waals surface area contributed by atoms with Crippen LogP contribution in [-0.4, -0.2) is 35.2 Å². The van der Waals surface area contributed by atoms with Gasteiger partial charge in [0.15, 0.2) is 5.92 Å². The highest BCUT2D eigenvalue weighted by Crippen LogP contribution is 2.23. The summed E-state index contributed by atoms with van der Waals surface area (Å²) in [5.74, 6) is -7.20. The summed E-state index contributed by atoms with van der Waals surface area (Å²) in [4.78, 5) is 33.1. The van der Waals surface area contributed by atoms with E-state index in [-0.39, 0.29) is 5.56 Å². The number of carboxylic acid groups (broad SMARTS) is 2. The first-order valence-corrected chi connectivity index (χ1v) is 4.71. The lowest BCUT2D eigenvalue weighted by Crippen LogP contribution is -2.24. The zero-order valence-corrected chi connectivity index (χ0v) is 9.21. The van der Waals surface area contributed by atoms with E-state index in [1.165, 1.54) is 0 Å². The molecule has 0 atom stereocenters. The summed E-state index contributed by atoms with van der Waals surface area (Å²) in [7, 11) is 1.05. The molecule has 0 fully saturated rings. The molecule has 0 saturated heterocycles. The summed E-state index contributed by atoms with van der Waals surface area (Å²) < 4.78 is 17.4. The molecule has 2 N–H and O–H groups in total. The minimum Gasteiger partial charge on any atom is -0.480 e. The van der Waals surface area contributed by atoms with E-state index in [2.05, 4.69) is 4.74 Å². The minimum atomic E-state index is -2.03. The topological polar surface area (TPSA) is 101 Å². The van der Waals surface area contributed by atoms with Crippen LogP contribution in [0.1, 0.15) is 21.8 Å². The number of esters is 1. The Kier molecular flexibility index (Phi) is 3.98. The molecule has 0 saturated carbocycles. The maximum Gasteiger partial charge on any atom is 0.338 e. The van der Waals surface area contributed by atoms with Crippen molar-refractivity contribution in [3.05, 3.63) is 35.1 Å². The van der Waals surface area contributed by atoms with Gasteiger partial charge in [0, 0.05) is 0 Å². The Hall–Kier alpha value is -2.44. The van der Waals surface area contributed by atoms with E-state index >= 15 is 0 Å². The Labute approximate surface area is 101 Å². The molecule has 0 spiro atoms. The molecule has 0 radical (unpaired) electrons. The predicted octanol–water partition coefficient (Wildman–Crippen LogP) is 0.865. The molecule has 7 heteroatoms. The van der Waals surface area contributed by atoms with Crippen molar-refractivity contribution in [3.63, 3.8) is 0 Å². The van der Waals surface area contributed by atoms with Gasteiger partial charge in [-0.25, -0.2) is 9.18 Å². The highest BCUT2D eigenvalue weighted by molar-refractivity contribution is 6.02. The van der Waals surface area contributed by atoms with Crippen LogP contribution in [0.5, 0.6) is 0 Å². The maximum absolute atomic E-state index is 13.1. The summed E-state index contributed by atoms with van der Waals surface area (Å²) in [6, 6.07) is 2.59. The third kappa shape index (κ3) is 2.62. The Morgan fingerprint density at radius 3 is 2.22 bits per heavy atom. The van der Waals surface area contributed by atoms with Crippen LogP contribution in [-0.2, 0) is 14.3 Å². The highest BCUT2D eigenvalue weighted by atomic mass is 19.1. The van der Waals surface area contributed by atoms with Crippen molar-refractivity contribution in [1.29, 1.82) is 0 Å². The van der Waals surface area contributed by atoms with Crippen LogP contribution in [0.25, 0.3) is 0 Å². The van der Waals surface area contributed by atoms with Gasteiger partial charge < -0.3 is 14.9 Å². The Morgan fingerprint density at radius 2 is 1.78 bits per heavy atom. The normalized spacial score (nSPS) is 10.2. The largest absolute Gasteiger partial charge is 0.480 e. The van der Waals surface area contributed by atoms with E-state index in [4.69, 9.17) is 10.2 Å². The summed E-state index contributed by atoms with van der Waals surface area (Å²) in [5.41, 5.74) is -0.754. The van der Waals surface area contributed by atoms with Crippen LogP contribution < -0.4 is 0 Å². The minimum absolute atomic E-state index is 0.297. The van der Waals surface area contributed by atoms with Crippen molar-refractivity contribution in [1.82, 2.24) is 0 Å². The predicted molar refractivity (Wildman–Crippen MR) is 55.8 cm³/mol. The third-order valence-corrected chi connectivity index (χ3v) is 2.22. The van der Waals surface area contributed by atoms with E-state index in [1.54, 1.807) is 0 Å². The van der Waals surface area contributed by atoms with Gasteiger partial charge in [0.1, 0.15) is 5.82 Å². The lowest BCUT2D eigenvalue weighted by atomic mass is 9.94. The van der Waals surface area contributed by atoms with Crippen molar-refractivity contribution in [2.24, 2.45) is 0 Å². The second-order valence-electron chi connectivity index (χ2n) is 3.33. The number of halogens is 1. The molecule has 0 bridgehead atoms. The van der Waals surface area contributed by atoms with Gasteiger partial charge in [-0.2, -0.15) is 0 Å². The van der Waals surface area contributed by atoms with Gasteiger partial charge in [-0.05, 0) is 23.8 Å². The van der Waals surface area contributed by atoms with Crippen molar-refractivity contribution in [2.45, 2.75) is 5.92 Å². The van der Waals surface area contributed by atoms with E-state index in [0.717, 1.165) is 19.2 Å². The van der Waals surface area contributed by atoms with Gasteiger partial charge in [0.25, 0.3) is 0 Å². The van der Waals surface area contributed by atoms with Gasteiger partial charge in [0.2, 0.25) is 0 Å². The maximum atomic E-state index is 13.1. The fourth-order valence-electron chi connectivity index (χ4n) is 1.44. The van der Waals surface area contributed by atoms with Gasteiger partial charge in [0.05, 0.1) is 12.7 Å². The smallest absolute Gasteiger partial charge is 0.338 e. The van der Waals surface area contributed by atoms with Crippen LogP contribution >= 0.6 is 0 Å². The van der Waals surface area contributed by atoms with Crippen LogP contribution in [0.3, 0.4) is 0 Å². The molecule has 6 nitrogen and oxygen atoms in total. The Bertz CT molecular complexity index is 496. The van der Waals surface area contributed by atoms with E-state index in [1.807, 2.05) is 0 Å². The fraction of sp³-hybridized carbons (Fsp3) is 0.182. The molecule has 0 aliphatic rings. The molecule has 96 valence electrons. The van der Waals surface area contributed by atoms with Crippen molar-refractivity contribution < 1.29 is 33.7 Å². The molecule has 0 aromatic heterocycles. The van der Waals surface area contributed by atoms with Gasteiger partial charge in [-0.1, -0.05) is 0 Å². The molecule has 0 aliphatic carbocycles. The number of hydrogen-bond acceptors (Lipinski definition) is 4. The molecule has 0 aliphatic heterocycles. The number of hydrogen-bond donors (Lipinski definition) is 2. The SMILES string of the molecule is COC(=O)c1ccc(F)cc1C(C(=O)O)C(=O)O. The summed E-state index contributed by atoms with van der Waals surface area (Å²) >= 11 is 0. The Balaban J connectivity index is 3.44. The number of aliphatic carboxylic acids is 2. The van der Waals surface area contributed by atoms with Crippen molar-refractivity contribution >= 4 is 17.9 Å². The number of methoxy groups -OCH3 is 1. The standard InChI is InChI=1S/C11H9FO6/c1-18-11(17)6-3-2-5(12)4-7(6)8(9(13)14)10(15)16/h2-4,8H,1H3,(H,13,14)(H,15,16). The molecule has 0 amide bonds. The second-order valence-corrected chi connectivity index (χ2v) is 3.33. The molecular formula is C11H9FO6. The molecule has 1 aromatic carbocycles. The first-order chi connectivity index (χ1) is 8.38. The zero-order valence-electron chi connectivity index (χ0n) is 9.21. The zero-order chi connectivity index (χ0) is 13.9. The van der Waals surface area contributed by atoms with Crippen LogP contribution in [0, 0.1) is 5.82 Å². The van der Waals surface area contributed by atoms with Crippen molar-refractivity contribution in [2.75, 3.05) is 7.11 Å². The molecular weight excluding hydrogens is 247 g/mol. The fourth-order valence-corrected chi connectivity index (χ4v) is 1.44. The summed E-state index contributed by atoms with van der Waals surface area (Å²) in [6.45, 7) is 0. The number of rotatable bonds is 4. The van der Waals surface area contributed by atoms with Crippen LogP contribution in [0.4, 0.5) is 4.39 Å². The van der Waals surface area contributed by atoms with Gasteiger partial charge in [-0.15, -0.1) is 0 Å². The lowest BCUT2D eigenvalue weighted by Gasteiger charge is -2.12. The summed E-state index contributed by atoms with van der Waals surface area (Å²) in [5, 5.41) is 17.6. The highest BCUT2D eigenvalue weighted by Gasteiger charge is 2.32. The molecule has 0 heterocycles. The molecule has 1 rings (SSSR count). The van der Waals surface area contributed by atoms with Gasteiger partial charge in [-0.3, -0.25) is 9.59 Å². The van der Waals surface area contributed by atoms with E-state index in [0.29, 0.717) is 6.07 Å². The van der Waals surface area contributed by atoms with Crippen LogP contribution in [0.15, 0.2) is 18.2 Å². The number of carboxylic acids is 2. The molecule has 18 heavy (non-hydrogen) atoms. The third-order valence-electron chi connectivity index (χ3n) is 2.22. The average molecular weight is 256 g/mol. The van der Waals surface area contributed by atoms with Crippen molar-refractivity contribution in [3.8, 4) is 0 Å². The Morgan fingerprint density at radius 1 is 1.22 bits per heavy atom. The molecule has 0 unspecified atom stereocenters. The number of carbonyl (C=O) groups is 3. The average Bonchev–Trinajstić information content (AvgIpc) is 2.27. The lowest BCUT2D eigenvalue weighted by molar-refractivity contribution is -0.150. The van der Waals surface area contributed by atoms with Gasteiger partial charge >= 0.3 is 17.9 Å². The number of ether oxygens (including phenoxy) is 1.